The summed E-state index contributed by atoms with van der Waals surface area (Å²) in [6, 6.07) is 25.2. The number of amides is 1. The molecule has 1 amide bonds. The van der Waals surface area contributed by atoms with Crippen LogP contribution in [0.5, 0.6) is 0 Å². The SMILES string of the molecule is C=C1[C@H](COC(=O)c2ccc(-c3ccccc3)cc2)[C@@H](OC(=O)c2ccccc2)C[C@@H]1n1cnc2c(Cl)nc(NC(=O)OC(C)(C)C)nc21. The van der Waals surface area contributed by atoms with Crippen molar-refractivity contribution in [2.45, 2.75) is 44.9 Å². The Morgan fingerprint density at radius 2 is 1.53 bits per heavy atom. The van der Waals surface area contributed by atoms with Crippen LogP contribution in [0.15, 0.2) is 103 Å². The predicted octanol–water partition coefficient (Wildman–Crippen LogP) is 7.69. The van der Waals surface area contributed by atoms with Crippen LogP contribution in [0.2, 0.25) is 5.15 Å². The van der Waals surface area contributed by atoms with Crippen molar-refractivity contribution in [3.05, 3.63) is 120 Å². The number of nitrogens with one attached hydrogen (secondary N) is 1. The molecule has 0 radical (unpaired) electrons. The first kappa shape index (κ1) is 33.4. The molecular formula is C37H34ClN5O6. The zero-order valence-electron chi connectivity index (χ0n) is 27.1. The molecule has 6 rings (SSSR count). The van der Waals surface area contributed by atoms with Gasteiger partial charge in [0, 0.05) is 6.42 Å². The fourth-order valence-electron chi connectivity index (χ4n) is 5.68. The molecular weight excluding hydrogens is 646 g/mol. The lowest BCUT2D eigenvalue weighted by molar-refractivity contribution is 0.00848. The second-order valence-electron chi connectivity index (χ2n) is 12.6. The molecule has 0 spiro atoms. The highest BCUT2D eigenvalue weighted by Crippen LogP contribution is 2.43. The van der Waals surface area contributed by atoms with Gasteiger partial charge in [0.1, 0.15) is 23.8 Å². The Morgan fingerprint density at radius 3 is 2.20 bits per heavy atom. The first-order valence-electron chi connectivity index (χ1n) is 15.6. The van der Waals surface area contributed by atoms with Gasteiger partial charge >= 0.3 is 18.0 Å². The number of anilines is 1. The average Bonchev–Trinajstić information content (AvgIpc) is 3.63. The van der Waals surface area contributed by atoms with Gasteiger partial charge in [-0.1, -0.05) is 78.8 Å². The molecule has 250 valence electrons. The molecule has 1 aliphatic rings. The summed E-state index contributed by atoms with van der Waals surface area (Å²) >= 11 is 6.45. The first-order chi connectivity index (χ1) is 23.5. The zero-order valence-corrected chi connectivity index (χ0v) is 27.9. The van der Waals surface area contributed by atoms with E-state index in [-0.39, 0.29) is 24.1 Å². The number of imidazole rings is 1. The predicted molar refractivity (Wildman–Crippen MR) is 184 cm³/mol. The average molecular weight is 680 g/mol. The molecule has 0 aliphatic heterocycles. The van der Waals surface area contributed by atoms with Crippen LogP contribution in [0, 0.1) is 5.92 Å². The van der Waals surface area contributed by atoms with E-state index in [0.29, 0.717) is 27.9 Å². The van der Waals surface area contributed by atoms with Crippen LogP contribution < -0.4 is 5.32 Å². The number of fused-ring (bicyclic) bond motifs is 1. The van der Waals surface area contributed by atoms with Crippen molar-refractivity contribution in [2.75, 3.05) is 11.9 Å². The van der Waals surface area contributed by atoms with Gasteiger partial charge < -0.3 is 18.8 Å². The summed E-state index contributed by atoms with van der Waals surface area (Å²) in [7, 11) is 0. The third-order valence-corrected chi connectivity index (χ3v) is 8.29. The lowest BCUT2D eigenvalue weighted by Crippen LogP contribution is -2.27. The number of hydrogen-bond donors (Lipinski definition) is 1. The smallest absolute Gasteiger partial charge is 0.414 e. The normalized spacial score (nSPS) is 17.5. The molecule has 5 aromatic rings. The summed E-state index contributed by atoms with van der Waals surface area (Å²) in [5.41, 5.74) is 3.29. The van der Waals surface area contributed by atoms with E-state index in [1.54, 1.807) is 61.7 Å². The number of ether oxygens (including phenoxy) is 3. The van der Waals surface area contributed by atoms with Crippen molar-refractivity contribution in [2.24, 2.45) is 5.92 Å². The molecule has 11 nitrogen and oxygen atoms in total. The summed E-state index contributed by atoms with van der Waals surface area (Å²) in [6.07, 6.45) is 0.376. The molecule has 1 fully saturated rings. The monoisotopic (exact) mass is 679 g/mol. The molecule has 3 aromatic carbocycles. The fraction of sp³-hybridized carbons (Fsp3) is 0.243. The molecule has 3 atom stereocenters. The summed E-state index contributed by atoms with van der Waals surface area (Å²) in [5, 5.41) is 2.54. The second kappa shape index (κ2) is 13.9. The Kier molecular flexibility index (Phi) is 9.46. The highest BCUT2D eigenvalue weighted by Gasteiger charge is 2.43. The van der Waals surface area contributed by atoms with Crippen molar-refractivity contribution in [1.82, 2.24) is 19.5 Å². The van der Waals surface area contributed by atoms with Crippen molar-refractivity contribution < 1.29 is 28.6 Å². The highest BCUT2D eigenvalue weighted by atomic mass is 35.5. The topological polar surface area (TPSA) is 135 Å². The standard InChI is InChI=1S/C37H34ClN5O6/c1-22-27(20-47-33(44)26-17-15-24(16-18-26)23-11-7-5-8-12-23)29(48-34(45)25-13-9-6-10-14-25)19-28(22)43-21-39-30-31(38)40-35(41-32(30)43)42-36(46)49-37(2,3)4/h5-18,21,27-29H,1,19-20H2,2-4H3,(H,40,41,42,46)/t27-,28-,29-/m0/s1. The number of aromatic nitrogens is 4. The molecule has 0 saturated heterocycles. The van der Waals surface area contributed by atoms with Gasteiger partial charge in [-0.15, -0.1) is 0 Å². The summed E-state index contributed by atoms with van der Waals surface area (Å²) < 4.78 is 18.9. The zero-order chi connectivity index (χ0) is 34.7. The van der Waals surface area contributed by atoms with Crippen LogP contribution in [-0.2, 0) is 14.2 Å². The van der Waals surface area contributed by atoms with Crippen LogP contribution in [-0.4, -0.2) is 55.9 Å². The van der Waals surface area contributed by atoms with Crippen LogP contribution in [0.25, 0.3) is 22.3 Å². The van der Waals surface area contributed by atoms with E-state index < -0.39 is 41.7 Å². The van der Waals surface area contributed by atoms with Crippen molar-refractivity contribution in [1.29, 1.82) is 0 Å². The summed E-state index contributed by atoms with van der Waals surface area (Å²) in [4.78, 5) is 51.9. The third-order valence-electron chi connectivity index (χ3n) is 8.03. The molecule has 49 heavy (non-hydrogen) atoms. The van der Waals surface area contributed by atoms with E-state index in [1.165, 1.54) is 6.33 Å². The molecule has 0 bridgehead atoms. The Hall–Kier alpha value is -5.55. The van der Waals surface area contributed by atoms with Crippen LogP contribution in [0.1, 0.15) is 53.9 Å². The molecule has 0 unspecified atom stereocenters. The van der Waals surface area contributed by atoms with Gasteiger partial charge in [-0.3, -0.25) is 5.32 Å². The van der Waals surface area contributed by atoms with Gasteiger partial charge in [0.25, 0.3) is 0 Å². The van der Waals surface area contributed by atoms with Crippen molar-refractivity contribution >= 4 is 46.7 Å². The van der Waals surface area contributed by atoms with Gasteiger partial charge in [0.05, 0.1) is 29.4 Å². The number of nitrogens with zero attached hydrogens (tertiary/aromatic N) is 4. The quantitative estimate of drug-likeness (QED) is 0.0758. The summed E-state index contributed by atoms with van der Waals surface area (Å²) in [6.45, 7) is 9.46. The van der Waals surface area contributed by atoms with Gasteiger partial charge in [-0.25, -0.2) is 19.4 Å². The minimum absolute atomic E-state index is 0.0224. The number of carbonyl (C=O) groups excluding carboxylic acids is 3. The first-order valence-corrected chi connectivity index (χ1v) is 16.0. The molecule has 1 saturated carbocycles. The minimum atomic E-state index is -0.747. The van der Waals surface area contributed by atoms with E-state index in [0.717, 1.165) is 11.1 Å². The Bertz CT molecular complexity index is 2010. The van der Waals surface area contributed by atoms with Gasteiger partial charge in [-0.2, -0.15) is 9.97 Å². The number of rotatable bonds is 8. The Labute approximate surface area is 287 Å². The fourth-order valence-corrected chi connectivity index (χ4v) is 5.89. The molecule has 1 aliphatic carbocycles. The largest absolute Gasteiger partial charge is 0.461 e. The van der Waals surface area contributed by atoms with Crippen LogP contribution in [0.3, 0.4) is 0 Å². The number of carbonyl (C=O) groups is 3. The van der Waals surface area contributed by atoms with Crippen LogP contribution in [0.4, 0.5) is 10.7 Å². The maximum absolute atomic E-state index is 13.2. The maximum Gasteiger partial charge on any atom is 0.414 e. The summed E-state index contributed by atoms with van der Waals surface area (Å²) in [5.74, 6) is -1.67. The Morgan fingerprint density at radius 1 is 0.898 bits per heavy atom. The lowest BCUT2D eigenvalue weighted by atomic mass is 10.0. The molecule has 12 heteroatoms. The second-order valence-corrected chi connectivity index (χ2v) is 12.9. The van der Waals surface area contributed by atoms with E-state index in [4.69, 9.17) is 25.8 Å². The van der Waals surface area contributed by atoms with Gasteiger partial charge in [0.2, 0.25) is 5.95 Å². The lowest BCUT2D eigenvalue weighted by Gasteiger charge is -2.21. The van der Waals surface area contributed by atoms with E-state index in [1.807, 2.05) is 48.5 Å². The van der Waals surface area contributed by atoms with Crippen molar-refractivity contribution in [3.63, 3.8) is 0 Å². The minimum Gasteiger partial charge on any atom is -0.461 e. The van der Waals surface area contributed by atoms with Crippen LogP contribution >= 0.6 is 11.6 Å². The highest BCUT2D eigenvalue weighted by molar-refractivity contribution is 6.33. The van der Waals surface area contributed by atoms with Crippen molar-refractivity contribution in [3.8, 4) is 11.1 Å². The van der Waals surface area contributed by atoms with E-state index in [2.05, 4.69) is 26.8 Å². The number of hydrogen-bond acceptors (Lipinski definition) is 9. The van der Waals surface area contributed by atoms with E-state index in [9.17, 15) is 14.4 Å². The van der Waals surface area contributed by atoms with Gasteiger partial charge in [0.15, 0.2) is 10.8 Å². The molecule has 2 heterocycles. The number of esters is 2. The Balaban J connectivity index is 1.24. The maximum atomic E-state index is 13.2. The third kappa shape index (κ3) is 7.62. The molecule has 1 N–H and O–H groups in total. The number of benzene rings is 3. The number of halogens is 1. The molecule has 2 aromatic heterocycles. The van der Waals surface area contributed by atoms with E-state index >= 15 is 0 Å². The van der Waals surface area contributed by atoms with Gasteiger partial charge in [-0.05, 0) is 61.7 Å².